The van der Waals surface area contributed by atoms with Crippen LogP contribution in [0.4, 0.5) is 4.39 Å². The lowest BCUT2D eigenvalue weighted by Gasteiger charge is -2.30. The first-order valence-corrected chi connectivity index (χ1v) is 6.01. The molecule has 1 aromatic carbocycles. The number of ether oxygens (including phenoxy) is 1. The van der Waals surface area contributed by atoms with E-state index in [-0.39, 0.29) is 5.82 Å². The van der Waals surface area contributed by atoms with Gasteiger partial charge in [-0.3, -0.25) is 4.90 Å². The van der Waals surface area contributed by atoms with E-state index in [4.69, 9.17) is 4.74 Å². The maximum absolute atomic E-state index is 12.7. The first-order valence-electron chi connectivity index (χ1n) is 6.01. The molecule has 0 aromatic heterocycles. The van der Waals surface area contributed by atoms with Crippen LogP contribution >= 0.6 is 0 Å². The number of rotatable bonds is 3. The summed E-state index contributed by atoms with van der Waals surface area (Å²) >= 11 is 0. The average Bonchev–Trinajstić information content (AvgIpc) is 2.39. The molecule has 92 valence electrons. The van der Waals surface area contributed by atoms with Crippen LogP contribution in [0.5, 0.6) is 0 Å². The van der Waals surface area contributed by atoms with Crippen LogP contribution in [-0.2, 0) is 4.74 Å². The van der Waals surface area contributed by atoms with E-state index >= 15 is 0 Å². The summed E-state index contributed by atoms with van der Waals surface area (Å²) in [4.78, 5) is 2.38. The second-order valence-corrected chi connectivity index (χ2v) is 4.30. The summed E-state index contributed by atoms with van der Waals surface area (Å²) in [5, 5.41) is 0. The number of nitrogens with zero attached hydrogens (tertiary/aromatic N) is 1. The lowest BCUT2D eigenvalue weighted by atomic mass is 10.1. The molecule has 1 atom stereocenters. The van der Waals surface area contributed by atoms with Crippen LogP contribution in [-0.4, -0.2) is 37.2 Å². The average molecular weight is 235 g/mol. The summed E-state index contributed by atoms with van der Waals surface area (Å²) in [6.07, 6.45) is 4.19. The molecule has 1 aromatic rings. The van der Waals surface area contributed by atoms with Gasteiger partial charge in [-0.1, -0.05) is 24.3 Å². The fourth-order valence-corrected chi connectivity index (χ4v) is 1.93. The van der Waals surface area contributed by atoms with Crippen molar-refractivity contribution in [3.8, 4) is 0 Å². The predicted molar refractivity (Wildman–Crippen MR) is 67.3 cm³/mol. The van der Waals surface area contributed by atoms with Gasteiger partial charge in [0, 0.05) is 19.1 Å². The van der Waals surface area contributed by atoms with Gasteiger partial charge in [0.25, 0.3) is 0 Å². The second-order valence-electron chi connectivity index (χ2n) is 4.30. The quantitative estimate of drug-likeness (QED) is 0.798. The van der Waals surface area contributed by atoms with Crippen LogP contribution in [0.1, 0.15) is 12.5 Å². The van der Waals surface area contributed by atoms with E-state index in [1.807, 2.05) is 6.08 Å². The van der Waals surface area contributed by atoms with Crippen LogP contribution in [0.25, 0.3) is 6.08 Å². The van der Waals surface area contributed by atoms with Crippen LogP contribution in [0.2, 0.25) is 0 Å². The number of hydrogen-bond donors (Lipinski definition) is 0. The summed E-state index contributed by atoms with van der Waals surface area (Å²) in [6.45, 7) is 5.76. The minimum absolute atomic E-state index is 0.191. The molecule has 1 aliphatic heterocycles. The molecule has 17 heavy (non-hydrogen) atoms. The number of halogens is 1. The molecule has 0 bridgehead atoms. The third-order valence-corrected chi connectivity index (χ3v) is 3.06. The molecule has 0 aliphatic carbocycles. The summed E-state index contributed by atoms with van der Waals surface area (Å²) in [6, 6.07) is 6.94. The van der Waals surface area contributed by atoms with E-state index in [9.17, 15) is 4.39 Å². The van der Waals surface area contributed by atoms with Crippen LogP contribution in [0, 0.1) is 5.82 Å². The highest BCUT2D eigenvalue weighted by Crippen LogP contribution is 2.09. The largest absolute Gasteiger partial charge is 0.379 e. The van der Waals surface area contributed by atoms with Crippen molar-refractivity contribution in [2.75, 3.05) is 26.3 Å². The zero-order chi connectivity index (χ0) is 12.1. The Morgan fingerprint density at radius 3 is 2.53 bits per heavy atom. The van der Waals surface area contributed by atoms with E-state index in [0.29, 0.717) is 6.04 Å². The van der Waals surface area contributed by atoms with E-state index in [1.54, 1.807) is 12.1 Å². The van der Waals surface area contributed by atoms with Crippen molar-refractivity contribution >= 4 is 6.08 Å². The van der Waals surface area contributed by atoms with E-state index in [0.717, 1.165) is 31.9 Å². The molecule has 0 saturated carbocycles. The molecule has 1 fully saturated rings. The van der Waals surface area contributed by atoms with Crippen LogP contribution in [0.3, 0.4) is 0 Å². The monoisotopic (exact) mass is 235 g/mol. The van der Waals surface area contributed by atoms with E-state index in [2.05, 4.69) is 17.9 Å². The van der Waals surface area contributed by atoms with Crippen LogP contribution < -0.4 is 0 Å². The van der Waals surface area contributed by atoms with Crippen molar-refractivity contribution in [1.82, 2.24) is 4.90 Å². The second kappa shape index (κ2) is 5.94. The van der Waals surface area contributed by atoms with Gasteiger partial charge in [0.05, 0.1) is 13.2 Å². The maximum atomic E-state index is 12.7. The first kappa shape index (κ1) is 12.3. The maximum Gasteiger partial charge on any atom is 0.123 e. The third-order valence-electron chi connectivity index (χ3n) is 3.06. The molecule has 1 unspecified atom stereocenters. The Labute approximate surface area is 102 Å². The zero-order valence-corrected chi connectivity index (χ0v) is 10.1. The summed E-state index contributed by atoms with van der Waals surface area (Å²) < 4.78 is 18.0. The molecule has 1 heterocycles. The van der Waals surface area contributed by atoms with Crippen molar-refractivity contribution in [3.63, 3.8) is 0 Å². The minimum atomic E-state index is -0.191. The zero-order valence-electron chi connectivity index (χ0n) is 10.1. The van der Waals surface area contributed by atoms with Gasteiger partial charge in [0.2, 0.25) is 0 Å². The Kier molecular flexibility index (Phi) is 4.29. The van der Waals surface area contributed by atoms with Gasteiger partial charge >= 0.3 is 0 Å². The highest BCUT2D eigenvalue weighted by atomic mass is 19.1. The van der Waals surface area contributed by atoms with Crippen LogP contribution in [0.15, 0.2) is 30.3 Å². The molecule has 0 amide bonds. The van der Waals surface area contributed by atoms with Crippen molar-refractivity contribution in [3.05, 3.63) is 41.7 Å². The summed E-state index contributed by atoms with van der Waals surface area (Å²) in [7, 11) is 0. The highest BCUT2D eigenvalue weighted by Gasteiger charge is 2.14. The fourth-order valence-electron chi connectivity index (χ4n) is 1.93. The third kappa shape index (κ3) is 3.65. The fraction of sp³-hybridized carbons (Fsp3) is 0.429. The smallest absolute Gasteiger partial charge is 0.123 e. The molecule has 0 radical (unpaired) electrons. The van der Waals surface area contributed by atoms with Gasteiger partial charge < -0.3 is 4.74 Å². The molecule has 3 heteroatoms. The predicted octanol–water partition coefficient (Wildman–Crippen LogP) is 2.56. The Balaban J connectivity index is 1.92. The molecular weight excluding hydrogens is 217 g/mol. The highest BCUT2D eigenvalue weighted by molar-refractivity contribution is 5.49. The SMILES string of the molecule is CC(/C=C/c1ccc(F)cc1)N1CCOCC1. The lowest BCUT2D eigenvalue weighted by molar-refractivity contribution is 0.0288. The van der Waals surface area contributed by atoms with Gasteiger partial charge in [-0.25, -0.2) is 4.39 Å². The molecule has 2 nitrogen and oxygen atoms in total. The number of hydrogen-bond acceptors (Lipinski definition) is 2. The van der Waals surface area contributed by atoms with Gasteiger partial charge in [0.15, 0.2) is 0 Å². The normalized spacial score (nSPS) is 19.6. The molecular formula is C14H18FNO. The summed E-state index contributed by atoms with van der Waals surface area (Å²) in [5.41, 5.74) is 1.03. The molecule has 2 rings (SSSR count). The molecule has 1 saturated heterocycles. The topological polar surface area (TPSA) is 12.5 Å². The molecule has 1 aliphatic rings. The van der Waals surface area contributed by atoms with Crippen molar-refractivity contribution in [2.45, 2.75) is 13.0 Å². The first-order chi connectivity index (χ1) is 8.25. The standard InChI is InChI=1S/C14H18FNO/c1-12(16-8-10-17-11-9-16)2-3-13-4-6-14(15)7-5-13/h2-7,12H,8-11H2,1H3/b3-2+. The number of morpholine rings is 1. The van der Waals surface area contributed by atoms with Crippen molar-refractivity contribution in [1.29, 1.82) is 0 Å². The lowest BCUT2D eigenvalue weighted by Crippen LogP contribution is -2.41. The Morgan fingerprint density at radius 2 is 1.88 bits per heavy atom. The Hall–Kier alpha value is -1.19. The molecule has 0 N–H and O–H groups in total. The Bertz CT molecular complexity index is 368. The van der Waals surface area contributed by atoms with Gasteiger partial charge in [-0.05, 0) is 24.6 Å². The van der Waals surface area contributed by atoms with Crippen molar-refractivity contribution in [2.24, 2.45) is 0 Å². The summed E-state index contributed by atoms with van der Waals surface area (Å²) in [5.74, 6) is -0.191. The minimum Gasteiger partial charge on any atom is -0.379 e. The van der Waals surface area contributed by atoms with Gasteiger partial charge in [-0.2, -0.15) is 0 Å². The Morgan fingerprint density at radius 1 is 1.24 bits per heavy atom. The van der Waals surface area contributed by atoms with Crippen molar-refractivity contribution < 1.29 is 9.13 Å². The number of benzene rings is 1. The van der Waals surface area contributed by atoms with E-state index in [1.165, 1.54) is 12.1 Å². The van der Waals surface area contributed by atoms with Gasteiger partial charge in [-0.15, -0.1) is 0 Å². The van der Waals surface area contributed by atoms with E-state index < -0.39 is 0 Å². The molecule has 0 spiro atoms. The van der Waals surface area contributed by atoms with Gasteiger partial charge in [0.1, 0.15) is 5.82 Å².